The summed E-state index contributed by atoms with van der Waals surface area (Å²) in [6.45, 7) is 0. The summed E-state index contributed by atoms with van der Waals surface area (Å²) in [5.74, 6) is 1.22. The number of hydrogen-bond donors (Lipinski definition) is 2. The van der Waals surface area contributed by atoms with E-state index in [9.17, 15) is 4.79 Å². The molecular weight excluding hydrogens is 308 g/mol. The maximum absolute atomic E-state index is 12.2. The Kier molecular flexibility index (Phi) is 4.49. The van der Waals surface area contributed by atoms with E-state index in [2.05, 4.69) is 10.3 Å². The van der Waals surface area contributed by atoms with Crippen LogP contribution in [0.15, 0.2) is 72.9 Å². The van der Waals surface area contributed by atoms with Gasteiger partial charge in [0.25, 0.3) is 5.91 Å². The minimum atomic E-state index is -0.247. The lowest BCUT2D eigenvalue weighted by Crippen LogP contribution is -2.12. The van der Waals surface area contributed by atoms with E-state index < -0.39 is 0 Å². The molecule has 2 aromatic carbocycles. The normalized spacial score (nSPS) is 10.1. The van der Waals surface area contributed by atoms with Crippen LogP contribution in [-0.2, 0) is 0 Å². The first-order valence-electron chi connectivity index (χ1n) is 7.04. The summed E-state index contributed by atoms with van der Waals surface area (Å²) in [6, 6.07) is 20.1. The maximum Gasteiger partial charge on any atom is 0.258 e. The number of pyridine rings is 1. The molecule has 4 nitrogen and oxygen atoms in total. The molecule has 1 aromatic heterocycles. The Morgan fingerprint density at radius 2 is 1.61 bits per heavy atom. The van der Waals surface area contributed by atoms with Crippen LogP contribution < -0.4 is 10.1 Å². The number of aromatic amines is 1. The predicted octanol–water partition coefficient (Wildman–Crippen LogP) is 4.79. The molecule has 0 atom stereocenters. The number of rotatable bonds is 4. The number of nitrogens with one attached hydrogen (secondary N) is 2. The summed E-state index contributed by atoms with van der Waals surface area (Å²) in [4.78, 5) is 15.0. The Morgan fingerprint density at radius 3 is 2.30 bits per heavy atom. The third-order valence-corrected chi connectivity index (χ3v) is 3.49. The van der Waals surface area contributed by atoms with Crippen LogP contribution in [0.2, 0.25) is 0 Å². The molecule has 3 rings (SSSR count). The SMILES string of the molecule is O=C(Nc1ccc(Oc2ccccc2)cc1)c1ccc[nH]c1=S. The molecule has 1 heterocycles. The molecule has 0 saturated carbocycles. The van der Waals surface area contributed by atoms with Crippen molar-refractivity contribution in [3.05, 3.63) is 83.1 Å². The summed E-state index contributed by atoms with van der Waals surface area (Å²) < 4.78 is 6.12. The van der Waals surface area contributed by atoms with Gasteiger partial charge in [0.2, 0.25) is 0 Å². The molecule has 0 radical (unpaired) electrons. The van der Waals surface area contributed by atoms with E-state index in [1.54, 1.807) is 42.6 Å². The third-order valence-electron chi connectivity index (χ3n) is 3.15. The second-order valence-corrected chi connectivity index (χ2v) is 5.21. The number of carbonyl (C=O) groups excluding carboxylic acids is 1. The van der Waals surface area contributed by atoms with Crippen molar-refractivity contribution in [3.8, 4) is 11.5 Å². The van der Waals surface area contributed by atoms with Gasteiger partial charge in [0.05, 0.1) is 5.56 Å². The molecule has 3 aromatic rings. The van der Waals surface area contributed by atoms with Gasteiger partial charge in [-0.15, -0.1) is 0 Å². The quantitative estimate of drug-likeness (QED) is 0.679. The highest BCUT2D eigenvalue weighted by Gasteiger charge is 2.07. The van der Waals surface area contributed by atoms with Crippen molar-refractivity contribution in [1.82, 2.24) is 4.98 Å². The lowest BCUT2D eigenvalue weighted by atomic mass is 10.2. The zero-order valence-electron chi connectivity index (χ0n) is 12.2. The lowest BCUT2D eigenvalue weighted by molar-refractivity contribution is 0.102. The molecule has 0 unspecified atom stereocenters. The minimum absolute atomic E-state index is 0.247. The second-order valence-electron chi connectivity index (χ2n) is 4.81. The molecule has 114 valence electrons. The second kappa shape index (κ2) is 6.89. The van der Waals surface area contributed by atoms with Crippen LogP contribution in [0.25, 0.3) is 0 Å². The molecule has 0 aliphatic heterocycles. The van der Waals surface area contributed by atoms with E-state index in [-0.39, 0.29) is 5.91 Å². The van der Waals surface area contributed by atoms with Gasteiger partial charge >= 0.3 is 0 Å². The molecule has 0 saturated heterocycles. The average Bonchev–Trinajstić information content (AvgIpc) is 2.58. The van der Waals surface area contributed by atoms with Crippen molar-refractivity contribution >= 4 is 23.8 Å². The van der Waals surface area contributed by atoms with Crippen molar-refractivity contribution < 1.29 is 9.53 Å². The van der Waals surface area contributed by atoms with Crippen LogP contribution in [0, 0.1) is 4.64 Å². The Balaban J connectivity index is 1.69. The van der Waals surface area contributed by atoms with E-state index in [1.807, 2.05) is 30.3 Å². The standard InChI is InChI=1S/C18H14N2O2S/c21-17(16-7-4-12-19-18(16)23)20-13-8-10-15(11-9-13)22-14-5-2-1-3-6-14/h1-12H,(H,19,23)(H,20,21). The fourth-order valence-corrected chi connectivity index (χ4v) is 2.26. The van der Waals surface area contributed by atoms with Crippen LogP contribution >= 0.6 is 12.2 Å². The molecular formula is C18H14N2O2S. The monoisotopic (exact) mass is 322 g/mol. The van der Waals surface area contributed by atoms with Gasteiger partial charge in [-0.3, -0.25) is 4.79 Å². The smallest absolute Gasteiger partial charge is 0.258 e. The Morgan fingerprint density at radius 1 is 0.913 bits per heavy atom. The summed E-state index contributed by atoms with van der Waals surface area (Å²) in [6.07, 6.45) is 1.69. The van der Waals surface area contributed by atoms with Crippen molar-refractivity contribution in [2.45, 2.75) is 0 Å². The highest BCUT2D eigenvalue weighted by atomic mass is 32.1. The molecule has 0 aliphatic rings. The molecule has 0 aliphatic carbocycles. The largest absolute Gasteiger partial charge is 0.457 e. The number of amides is 1. The van der Waals surface area contributed by atoms with E-state index in [0.717, 1.165) is 5.75 Å². The summed E-state index contributed by atoms with van der Waals surface area (Å²) in [7, 11) is 0. The van der Waals surface area contributed by atoms with Gasteiger partial charge in [0, 0.05) is 11.9 Å². The lowest BCUT2D eigenvalue weighted by Gasteiger charge is -2.08. The molecule has 23 heavy (non-hydrogen) atoms. The van der Waals surface area contributed by atoms with Crippen LogP contribution in [0.3, 0.4) is 0 Å². The number of hydrogen-bond acceptors (Lipinski definition) is 3. The van der Waals surface area contributed by atoms with E-state index in [0.29, 0.717) is 21.6 Å². The Bertz CT molecular complexity index is 858. The molecule has 0 bridgehead atoms. The Labute approximate surface area is 138 Å². The number of H-pyrrole nitrogens is 1. The van der Waals surface area contributed by atoms with E-state index in [1.165, 1.54) is 0 Å². The highest BCUT2D eigenvalue weighted by molar-refractivity contribution is 7.71. The molecule has 2 N–H and O–H groups in total. The van der Waals surface area contributed by atoms with Gasteiger partial charge in [0.15, 0.2) is 0 Å². The van der Waals surface area contributed by atoms with Gasteiger partial charge in [-0.05, 0) is 48.5 Å². The third kappa shape index (κ3) is 3.84. The average molecular weight is 322 g/mol. The first kappa shape index (κ1) is 15.0. The fourth-order valence-electron chi connectivity index (χ4n) is 2.03. The summed E-state index contributed by atoms with van der Waals surface area (Å²) >= 11 is 5.10. The van der Waals surface area contributed by atoms with Crippen molar-refractivity contribution in [3.63, 3.8) is 0 Å². The minimum Gasteiger partial charge on any atom is -0.457 e. The first-order valence-corrected chi connectivity index (χ1v) is 7.45. The van der Waals surface area contributed by atoms with Crippen LogP contribution in [0.1, 0.15) is 10.4 Å². The first-order chi connectivity index (χ1) is 11.2. The predicted molar refractivity (Wildman–Crippen MR) is 92.5 cm³/mol. The van der Waals surface area contributed by atoms with Gasteiger partial charge in [-0.2, -0.15) is 0 Å². The molecule has 5 heteroatoms. The van der Waals surface area contributed by atoms with Gasteiger partial charge < -0.3 is 15.0 Å². The number of carbonyl (C=O) groups is 1. The topological polar surface area (TPSA) is 54.1 Å². The number of aromatic nitrogens is 1. The highest BCUT2D eigenvalue weighted by Crippen LogP contribution is 2.22. The maximum atomic E-state index is 12.2. The summed E-state index contributed by atoms with van der Waals surface area (Å²) in [5.41, 5.74) is 1.11. The van der Waals surface area contributed by atoms with Crippen LogP contribution in [-0.4, -0.2) is 10.9 Å². The number of benzene rings is 2. The molecule has 0 spiro atoms. The number of ether oxygens (including phenoxy) is 1. The molecule has 0 fully saturated rings. The summed E-state index contributed by atoms with van der Waals surface area (Å²) in [5, 5.41) is 2.81. The van der Waals surface area contributed by atoms with E-state index >= 15 is 0 Å². The number of para-hydroxylation sites is 1. The van der Waals surface area contributed by atoms with E-state index in [4.69, 9.17) is 17.0 Å². The van der Waals surface area contributed by atoms with Crippen LogP contribution in [0.5, 0.6) is 11.5 Å². The van der Waals surface area contributed by atoms with Crippen molar-refractivity contribution in [2.75, 3.05) is 5.32 Å². The molecule has 1 amide bonds. The zero-order chi connectivity index (χ0) is 16.1. The van der Waals surface area contributed by atoms with Gasteiger partial charge in [0.1, 0.15) is 16.1 Å². The Hall–Kier alpha value is -2.92. The van der Waals surface area contributed by atoms with Crippen LogP contribution in [0.4, 0.5) is 5.69 Å². The number of anilines is 1. The van der Waals surface area contributed by atoms with Gasteiger partial charge in [-0.1, -0.05) is 30.4 Å². The van der Waals surface area contributed by atoms with Crippen molar-refractivity contribution in [1.29, 1.82) is 0 Å². The zero-order valence-corrected chi connectivity index (χ0v) is 13.0. The fraction of sp³-hybridized carbons (Fsp3) is 0. The van der Waals surface area contributed by atoms with Gasteiger partial charge in [-0.25, -0.2) is 0 Å². The van der Waals surface area contributed by atoms with Crippen molar-refractivity contribution in [2.24, 2.45) is 0 Å².